The van der Waals surface area contributed by atoms with Crippen LogP contribution in [0.25, 0.3) is 0 Å². The van der Waals surface area contributed by atoms with Crippen LogP contribution in [0.2, 0.25) is 5.02 Å². The van der Waals surface area contributed by atoms with Gasteiger partial charge in [0.25, 0.3) is 0 Å². The van der Waals surface area contributed by atoms with E-state index in [1.807, 2.05) is 0 Å². The quantitative estimate of drug-likeness (QED) is 0.465. The largest absolute Gasteiger partial charge is 0.380 e. The normalized spacial score (nSPS) is 15.0. The summed E-state index contributed by atoms with van der Waals surface area (Å²) in [5.74, 6) is 5.52. The molecule has 4 heteroatoms. The Morgan fingerprint density at radius 3 is 2.47 bits per heavy atom. The van der Waals surface area contributed by atoms with Crippen LogP contribution in [0.15, 0.2) is 36.9 Å². The number of hydrogen-bond donors (Lipinski definition) is 2. The Balaban J connectivity index is 3.00. The van der Waals surface area contributed by atoms with E-state index in [1.54, 1.807) is 31.3 Å². The molecule has 0 radical (unpaired) electrons. The molecule has 0 aromatic heterocycles. The molecule has 0 saturated heterocycles. The molecule has 0 aliphatic carbocycles. The molecule has 15 heavy (non-hydrogen) atoms. The topological polar surface area (TPSA) is 49.5 Å². The number of benzene rings is 1. The van der Waals surface area contributed by atoms with Gasteiger partial charge in [-0.05, 0) is 17.7 Å². The van der Waals surface area contributed by atoms with E-state index in [0.717, 1.165) is 5.56 Å². The third kappa shape index (κ3) is 3.04. The summed E-state index contributed by atoms with van der Waals surface area (Å²) in [7, 11) is 1.68. The van der Waals surface area contributed by atoms with Crippen LogP contribution >= 0.6 is 11.6 Å². The Bertz CT molecular complexity index is 337. The molecular weight excluding hydrogens is 212 g/mol. The van der Waals surface area contributed by atoms with Crippen molar-refractivity contribution in [1.82, 2.24) is 5.01 Å². The average Bonchev–Trinajstić information content (AvgIpc) is 2.17. The van der Waals surface area contributed by atoms with E-state index < -0.39 is 5.60 Å². The second-order valence-electron chi connectivity index (χ2n) is 3.55. The van der Waals surface area contributed by atoms with E-state index in [4.69, 9.17) is 17.4 Å². The number of halogens is 1. The Hall–Kier alpha value is -0.870. The van der Waals surface area contributed by atoms with Gasteiger partial charge in [-0.3, -0.25) is 5.84 Å². The molecule has 0 aliphatic rings. The molecular formula is C11H15ClN2O. The number of likely N-dealkylation sites (N-methyl/N-ethyl adjacent to an activating group) is 1. The zero-order chi connectivity index (χ0) is 11.5. The number of hydrogen-bond acceptors (Lipinski definition) is 3. The molecule has 0 aliphatic heterocycles. The first kappa shape index (κ1) is 12.2. The van der Waals surface area contributed by atoms with Gasteiger partial charge in [0.1, 0.15) is 5.60 Å². The molecule has 0 heterocycles. The van der Waals surface area contributed by atoms with Gasteiger partial charge in [0.15, 0.2) is 0 Å². The highest BCUT2D eigenvalue weighted by Crippen LogP contribution is 2.24. The average molecular weight is 227 g/mol. The number of nitrogens with zero attached hydrogens (tertiary/aromatic N) is 1. The Labute approximate surface area is 94.7 Å². The summed E-state index contributed by atoms with van der Waals surface area (Å²) in [6.07, 6.45) is 1.47. The van der Waals surface area contributed by atoms with Crippen LogP contribution in [0.3, 0.4) is 0 Å². The maximum absolute atomic E-state index is 10.3. The molecule has 1 aromatic rings. The molecule has 1 aromatic carbocycles. The Morgan fingerprint density at radius 2 is 2.07 bits per heavy atom. The van der Waals surface area contributed by atoms with E-state index in [1.165, 1.54) is 11.1 Å². The molecule has 1 rings (SSSR count). The second kappa shape index (κ2) is 4.77. The van der Waals surface area contributed by atoms with Gasteiger partial charge < -0.3 is 5.11 Å². The van der Waals surface area contributed by atoms with E-state index in [9.17, 15) is 5.11 Å². The maximum Gasteiger partial charge on any atom is 0.121 e. The molecule has 1 atom stereocenters. The molecule has 0 bridgehead atoms. The zero-order valence-corrected chi connectivity index (χ0v) is 9.41. The van der Waals surface area contributed by atoms with Gasteiger partial charge in [0.2, 0.25) is 0 Å². The summed E-state index contributed by atoms with van der Waals surface area (Å²) < 4.78 is 0. The van der Waals surface area contributed by atoms with Crippen molar-refractivity contribution >= 4 is 11.6 Å². The molecule has 0 amide bonds. The van der Waals surface area contributed by atoms with Gasteiger partial charge in [0, 0.05) is 18.6 Å². The van der Waals surface area contributed by atoms with Crippen LogP contribution in [-0.4, -0.2) is 23.7 Å². The van der Waals surface area contributed by atoms with E-state index in [2.05, 4.69) is 6.58 Å². The maximum atomic E-state index is 10.3. The van der Waals surface area contributed by atoms with Gasteiger partial charge in [-0.1, -0.05) is 36.4 Å². The number of aliphatic hydroxyl groups is 1. The van der Waals surface area contributed by atoms with Crippen LogP contribution in [0.4, 0.5) is 0 Å². The van der Waals surface area contributed by atoms with Crippen LogP contribution in [-0.2, 0) is 5.60 Å². The van der Waals surface area contributed by atoms with Gasteiger partial charge in [-0.25, -0.2) is 5.01 Å². The minimum atomic E-state index is -1.14. The van der Waals surface area contributed by atoms with Crippen molar-refractivity contribution in [2.24, 2.45) is 5.84 Å². The highest BCUT2D eigenvalue weighted by atomic mass is 35.5. The number of nitrogens with two attached hydrogens (primary N) is 1. The van der Waals surface area contributed by atoms with Crippen molar-refractivity contribution in [3.63, 3.8) is 0 Å². The summed E-state index contributed by atoms with van der Waals surface area (Å²) in [6.45, 7) is 3.90. The van der Waals surface area contributed by atoms with Crippen LogP contribution in [0.1, 0.15) is 5.56 Å². The molecule has 0 fully saturated rings. The van der Waals surface area contributed by atoms with E-state index >= 15 is 0 Å². The summed E-state index contributed by atoms with van der Waals surface area (Å²) in [4.78, 5) is 0. The minimum absolute atomic E-state index is 0.276. The lowest BCUT2D eigenvalue weighted by molar-refractivity contribution is 0.0518. The number of rotatable bonds is 4. The predicted octanol–water partition coefficient (Wildman–Crippen LogP) is 1.52. The first-order valence-corrected chi connectivity index (χ1v) is 4.93. The van der Waals surface area contributed by atoms with Crippen LogP contribution < -0.4 is 5.84 Å². The highest BCUT2D eigenvalue weighted by molar-refractivity contribution is 6.30. The highest BCUT2D eigenvalue weighted by Gasteiger charge is 2.26. The Morgan fingerprint density at radius 1 is 1.53 bits per heavy atom. The molecule has 3 N–H and O–H groups in total. The van der Waals surface area contributed by atoms with Crippen molar-refractivity contribution in [2.75, 3.05) is 13.6 Å². The SMILES string of the molecule is C=CC(O)(CN(C)N)c1ccc(Cl)cc1. The monoisotopic (exact) mass is 226 g/mol. The molecule has 0 saturated carbocycles. The fraction of sp³-hybridized carbons (Fsp3) is 0.273. The first-order chi connectivity index (χ1) is 6.98. The van der Waals surface area contributed by atoms with Crippen molar-refractivity contribution in [3.8, 4) is 0 Å². The van der Waals surface area contributed by atoms with Crippen molar-refractivity contribution in [3.05, 3.63) is 47.5 Å². The molecule has 3 nitrogen and oxygen atoms in total. The van der Waals surface area contributed by atoms with Gasteiger partial charge >= 0.3 is 0 Å². The first-order valence-electron chi connectivity index (χ1n) is 4.56. The van der Waals surface area contributed by atoms with Crippen LogP contribution in [0, 0.1) is 0 Å². The fourth-order valence-electron chi connectivity index (χ4n) is 1.39. The lowest BCUT2D eigenvalue weighted by Crippen LogP contribution is -2.41. The Kier molecular flexibility index (Phi) is 3.88. The third-order valence-corrected chi connectivity index (χ3v) is 2.42. The fourth-order valence-corrected chi connectivity index (χ4v) is 1.52. The van der Waals surface area contributed by atoms with Crippen molar-refractivity contribution < 1.29 is 5.11 Å². The van der Waals surface area contributed by atoms with Gasteiger partial charge in [-0.2, -0.15) is 0 Å². The van der Waals surface area contributed by atoms with Crippen molar-refractivity contribution in [2.45, 2.75) is 5.60 Å². The lowest BCUT2D eigenvalue weighted by atomic mass is 9.94. The molecule has 82 valence electrons. The predicted molar refractivity (Wildman–Crippen MR) is 62.4 cm³/mol. The second-order valence-corrected chi connectivity index (χ2v) is 3.99. The smallest absolute Gasteiger partial charge is 0.121 e. The lowest BCUT2D eigenvalue weighted by Gasteiger charge is -2.27. The summed E-state index contributed by atoms with van der Waals surface area (Å²) in [5, 5.41) is 12.3. The summed E-state index contributed by atoms with van der Waals surface area (Å²) >= 11 is 5.77. The summed E-state index contributed by atoms with van der Waals surface area (Å²) in [5.41, 5.74) is -0.423. The van der Waals surface area contributed by atoms with E-state index in [0.29, 0.717) is 5.02 Å². The van der Waals surface area contributed by atoms with Crippen molar-refractivity contribution in [1.29, 1.82) is 0 Å². The van der Waals surface area contributed by atoms with Gasteiger partial charge in [0.05, 0.1) is 0 Å². The minimum Gasteiger partial charge on any atom is -0.380 e. The standard InChI is InChI=1S/C11H15ClN2O/c1-3-11(15,8-14(2)13)9-4-6-10(12)7-5-9/h3-7,15H,1,8,13H2,2H3. The third-order valence-electron chi connectivity index (χ3n) is 2.17. The molecule has 0 spiro atoms. The van der Waals surface area contributed by atoms with Gasteiger partial charge in [-0.15, -0.1) is 0 Å². The summed E-state index contributed by atoms with van der Waals surface area (Å²) in [6, 6.07) is 6.96. The number of hydrazine groups is 1. The molecule has 1 unspecified atom stereocenters. The van der Waals surface area contributed by atoms with E-state index in [-0.39, 0.29) is 6.54 Å². The van der Waals surface area contributed by atoms with Crippen LogP contribution in [0.5, 0.6) is 0 Å². The zero-order valence-electron chi connectivity index (χ0n) is 8.65.